The molecule has 3 aliphatic heterocycles. The van der Waals surface area contributed by atoms with Gasteiger partial charge >= 0.3 is 7.60 Å². The largest absolute Gasteiger partial charge is 0.381 e. The highest BCUT2D eigenvalue weighted by atomic mass is 31.2. The molecule has 0 aromatic rings. The average molecular weight is 238 g/mol. The minimum absolute atomic E-state index is 0.285. The van der Waals surface area contributed by atoms with Crippen molar-refractivity contribution in [1.29, 1.82) is 0 Å². The summed E-state index contributed by atoms with van der Waals surface area (Å²) in [6, 6.07) is 0. The topological polar surface area (TPSA) is 74.2 Å². The van der Waals surface area contributed by atoms with Gasteiger partial charge in [-0.25, -0.2) is 0 Å². The Balaban J connectivity index is 2.13. The van der Waals surface area contributed by atoms with Crippen molar-refractivity contribution in [2.24, 2.45) is 0 Å². The molecule has 3 heterocycles. The number of hydrogen-bond donors (Lipinski definition) is 1. The van der Waals surface area contributed by atoms with Crippen molar-refractivity contribution in [3.8, 4) is 0 Å². The molecule has 3 fully saturated rings. The molecule has 0 spiro atoms. The zero-order valence-corrected chi connectivity index (χ0v) is 9.82. The van der Waals surface area contributed by atoms with Gasteiger partial charge in [-0.05, 0) is 6.92 Å². The van der Waals surface area contributed by atoms with Crippen LogP contribution >= 0.6 is 7.60 Å². The van der Waals surface area contributed by atoms with Crippen LogP contribution in [0, 0.1) is 0 Å². The van der Waals surface area contributed by atoms with Gasteiger partial charge in [0.15, 0.2) is 17.5 Å². The van der Waals surface area contributed by atoms with E-state index in [2.05, 4.69) is 0 Å². The van der Waals surface area contributed by atoms with Crippen LogP contribution in [0.1, 0.15) is 6.92 Å². The first-order chi connectivity index (χ1) is 6.81. The number of hydrogen-bond acceptors (Lipinski definition) is 5. The highest BCUT2D eigenvalue weighted by Crippen LogP contribution is 2.56. The Bertz CT molecular complexity index is 310. The van der Waals surface area contributed by atoms with E-state index in [0.717, 1.165) is 6.66 Å². The third-order valence-electron chi connectivity index (χ3n) is 2.65. The van der Waals surface area contributed by atoms with Gasteiger partial charge < -0.3 is 19.1 Å². The molecule has 3 saturated heterocycles. The van der Waals surface area contributed by atoms with Crippen LogP contribution in [0.3, 0.4) is 0 Å². The van der Waals surface area contributed by atoms with Crippen molar-refractivity contribution in [1.82, 2.24) is 0 Å². The molecule has 3 rings (SSSR count). The maximum Gasteiger partial charge on any atom is 0.325 e. The molecular formula is C8H15O6P. The third-order valence-corrected chi connectivity index (χ3v) is 3.25. The summed E-state index contributed by atoms with van der Waals surface area (Å²) in [5, 5.41) is 0. The van der Waals surface area contributed by atoms with Gasteiger partial charge in [0.25, 0.3) is 0 Å². The van der Waals surface area contributed by atoms with E-state index in [-0.39, 0.29) is 6.61 Å². The van der Waals surface area contributed by atoms with Crippen LogP contribution < -0.4 is 0 Å². The normalized spacial score (nSPS) is 47.3. The molecule has 6 nitrogen and oxygen atoms in total. The standard InChI is InChI=1S/C8H15O6P/c1-7-6(13-15(3,9)10)8(14-7,4-11-2)5-12-7/h6H,4-5H2,1-3H3,(H,9,10)/t6-,7?,8-/m0/s1. The number of ether oxygens (including phenoxy) is 3. The lowest BCUT2D eigenvalue weighted by atomic mass is 9.89. The summed E-state index contributed by atoms with van der Waals surface area (Å²) < 4.78 is 32.2. The van der Waals surface area contributed by atoms with Crippen molar-refractivity contribution in [3.63, 3.8) is 0 Å². The van der Waals surface area contributed by atoms with Gasteiger partial charge in [0.05, 0.1) is 13.2 Å². The van der Waals surface area contributed by atoms with E-state index in [1.165, 1.54) is 7.11 Å². The summed E-state index contributed by atoms with van der Waals surface area (Å²) >= 11 is 0. The molecule has 2 unspecified atom stereocenters. The first kappa shape index (κ1) is 11.5. The van der Waals surface area contributed by atoms with Crippen LogP contribution in [0.2, 0.25) is 0 Å². The van der Waals surface area contributed by atoms with Crippen molar-refractivity contribution >= 4 is 7.60 Å². The lowest BCUT2D eigenvalue weighted by Gasteiger charge is -2.49. The minimum atomic E-state index is -3.55. The van der Waals surface area contributed by atoms with Crippen molar-refractivity contribution < 1.29 is 28.2 Å². The second-order valence-electron chi connectivity index (χ2n) is 4.19. The molecule has 0 radical (unpaired) electrons. The smallest absolute Gasteiger partial charge is 0.325 e. The molecule has 0 saturated carbocycles. The molecule has 88 valence electrons. The van der Waals surface area contributed by atoms with Crippen LogP contribution in [0.4, 0.5) is 0 Å². The Kier molecular flexibility index (Phi) is 2.50. The summed E-state index contributed by atoms with van der Waals surface area (Å²) in [5.74, 6) is -0.910. The SMILES string of the molecule is COC[C@@]12COC(C)(O1)[C@@H]2OP(C)(=O)O. The number of rotatable bonds is 4. The van der Waals surface area contributed by atoms with E-state index in [1.807, 2.05) is 0 Å². The molecule has 4 atom stereocenters. The first-order valence-corrected chi connectivity index (χ1v) is 6.66. The Morgan fingerprint density at radius 3 is 2.80 bits per heavy atom. The molecule has 15 heavy (non-hydrogen) atoms. The summed E-state index contributed by atoms with van der Waals surface area (Å²) in [6.45, 7) is 3.44. The van der Waals surface area contributed by atoms with E-state index in [0.29, 0.717) is 6.61 Å². The molecule has 1 N–H and O–H groups in total. The van der Waals surface area contributed by atoms with Crippen LogP contribution in [0.25, 0.3) is 0 Å². The van der Waals surface area contributed by atoms with E-state index in [9.17, 15) is 9.46 Å². The zero-order chi connectivity index (χ0) is 11.3. The second-order valence-corrected chi connectivity index (χ2v) is 6.01. The fourth-order valence-electron chi connectivity index (χ4n) is 2.18. The summed E-state index contributed by atoms with van der Waals surface area (Å²) in [5.41, 5.74) is -0.724. The van der Waals surface area contributed by atoms with Crippen LogP contribution in [-0.2, 0) is 23.3 Å². The van der Waals surface area contributed by atoms with E-state index in [1.54, 1.807) is 6.92 Å². The molecule has 7 heteroatoms. The summed E-state index contributed by atoms with van der Waals surface area (Å²) in [6.07, 6.45) is -0.550. The van der Waals surface area contributed by atoms with Crippen LogP contribution in [-0.4, -0.2) is 49.4 Å². The fraction of sp³-hybridized carbons (Fsp3) is 1.00. The third kappa shape index (κ3) is 1.75. The van der Waals surface area contributed by atoms with E-state index in [4.69, 9.17) is 18.7 Å². The van der Waals surface area contributed by atoms with Gasteiger partial charge in [-0.2, -0.15) is 0 Å². The van der Waals surface area contributed by atoms with Gasteiger partial charge in [-0.1, -0.05) is 0 Å². The van der Waals surface area contributed by atoms with Crippen molar-refractivity contribution in [3.05, 3.63) is 0 Å². The van der Waals surface area contributed by atoms with Crippen LogP contribution in [0.5, 0.6) is 0 Å². The molecule has 0 aromatic heterocycles. The Hall–Kier alpha value is 0.0300. The summed E-state index contributed by atoms with van der Waals surface area (Å²) in [4.78, 5) is 9.19. The monoisotopic (exact) mass is 238 g/mol. The highest BCUT2D eigenvalue weighted by Gasteiger charge is 2.72. The van der Waals surface area contributed by atoms with Gasteiger partial charge in [0.2, 0.25) is 0 Å². The minimum Gasteiger partial charge on any atom is -0.381 e. The lowest BCUT2D eigenvalue weighted by Crippen LogP contribution is -2.67. The number of methoxy groups -OCH3 is 1. The Labute approximate surface area is 88.0 Å². The van der Waals surface area contributed by atoms with E-state index < -0.39 is 25.1 Å². The average Bonchev–Trinajstić information content (AvgIpc) is 2.53. The quantitative estimate of drug-likeness (QED) is 0.712. The second kappa shape index (κ2) is 3.26. The van der Waals surface area contributed by atoms with E-state index >= 15 is 0 Å². The molecule has 2 bridgehead atoms. The molecule has 0 aromatic carbocycles. The predicted molar refractivity (Wildman–Crippen MR) is 50.7 cm³/mol. The lowest BCUT2D eigenvalue weighted by molar-refractivity contribution is -0.342. The number of fused-ring (bicyclic) bond motifs is 1. The first-order valence-electron chi connectivity index (χ1n) is 4.63. The maximum atomic E-state index is 11.2. The van der Waals surface area contributed by atoms with Gasteiger partial charge in [0, 0.05) is 13.8 Å². The molecular weight excluding hydrogens is 223 g/mol. The maximum absolute atomic E-state index is 11.2. The zero-order valence-electron chi connectivity index (χ0n) is 8.93. The Morgan fingerprint density at radius 2 is 2.33 bits per heavy atom. The van der Waals surface area contributed by atoms with Gasteiger partial charge in [-0.15, -0.1) is 0 Å². The van der Waals surface area contributed by atoms with Gasteiger partial charge in [0.1, 0.15) is 0 Å². The molecule has 3 aliphatic rings. The van der Waals surface area contributed by atoms with Crippen LogP contribution in [0.15, 0.2) is 0 Å². The fourth-order valence-corrected chi connectivity index (χ4v) is 2.96. The predicted octanol–water partition coefficient (Wildman–Crippen LogP) is 0.349. The molecule has 0 amide bonds. The van der Waals surface area contributed by atoms with Crippen molar-refractivity contribution in [2.45, 2.75) is 24.4 Å². The summed E-state index contributed by atoms with van der Waals surface area (Å²) in [7, 11) is -2.01. The van der Waals surface area contributed by atoms with Gasteiger partial charge in [-0.3, -0.25) is 9.09 Å². The molecule has 0 aliphatic carbocycles. The Morgan fingerprint density at radius 1 is 1.67 bits per heavy atom. The highest BCUT2D eigenvalue weighted by molar-refractivity contribution is 7.51. The van der Waals surface area contributed by atoms with Crippen molar-refractivity contribution in [2.75, 3.05) is 27.0 Å².